The topological polar surface area (TPSA) is 66.0 Å². The van der Waals surface area contributed by atoms with E-state index in [2.05, 4.69) is 11.8 Å². The first-order valence-electron chi connectivity index (χ1n) is 7.70. The van der Waals surface area contributed by atoms with Gasteiger partial charge in [-0.3, -0.25) is 5.41 Å². The van der Waals surface area contributed by atoms with Crippen LogP contribution in [-0.2, 0) is 6.42 Å². The van der Waals surface area contributed by atoms with Crippen LogP contribution in [0.2, 0.25) is 0 Å². The van der Waals surface area contributed by atoms with Crippen molar-refractivity contribution in [3.63, 3.8) is 0 Å². The molecule has 1 aromatic heterocycles. The van der Waals surface area contributed by atoms with Gasteiger partial charge in [-0.05, 0) is 38.1 Å². The van der Waals surface area contributed by atoms with Gasteiger partial charge in [0, 0.05) is 25.4 Å². The van der Waals surface area contributed by atoms with E-state index in [1.165, 1.54) is 38.8 Å². The Labute approximate surface area is 124 Å². The number of nitrogens with one attached hydrogen (secondary N) is 1. The van der Waals surface area contributed by atoms with Crippen molar-refractivity contribution in [2.75, 3.05) is 19.6 Å². The van der Waals surface area contributed by atoms with Gasteiger partial charge in [-0.1, -0.05) is 6.92 Å². The molecule has 0 aromatic carbocycles. The van der Waals surface area contributed by atoms with Crippen molar-refractivity contribution in [1.29, 1.82) is 5.41 Å². The lowest BCUT2D eigenvalue weighted by Crippen LogP contribution is -2.35. The van der Waals surface area contributed by atoms with E-state index in [1.54, 1.807) is 11.3 Å². The molecule has 3 N–H and O–H groups in total. The number of hydrogen-bond acceptors (Lipinski definition) is 4. The third kappa shape index (κ3) is 3.20. The molecule has 3 rings (SSSR count). The molecule has 0 bridgehead atoms. The monoisotopic (exact) mass is 292 g/mol. The number of piperidine rings is 1. The highest BCUT2D eigenvalue weighted by Crippen LogP contribution is 2.42. The molecular weight excluding hydrogens is 268 g/mol. The Morgan fingerprint density at radius 1 is 1.45 bits per heavy atom. The molecule has 1 unspecified atom stereocenters. The standard InChI is InChI=1S/C15H24N4S/c1-10-3-2-7-19(9-10)8-6-12-18-13(11-4-5-11)14(20-12)15(16)17/h10-11H,2-9H2,1H3,(H3,16,17). The molecule has 2 heterocycles. The molecule has 0 spiro atoms. The quantitative estimate of drug-likeness (QED) is 0.647. The van der Waals surface area contributed by atoms with Gasteiger partial charge >= 0.3 is 0 Å². The van der Waals surface area contributed by atoms with Gasteiger partial charge < -0.3 is 10.6 Å². The predicted octanol–water partition coefficient (Wildman–Crippen LogP) is 2.58. The van der Waals surface area contributed by atoms with Gasteiger partial charge in [-0.2, -0.15) is 0 Å². The lowest BCUT2D eigenvalue weighted by molar-refractivity contribution is 0.186. The van der Waals surface area contributed by atoms with Crippen LogP contribution in [-0.4, -0.2) is 35.4 Å². The van der Waals surface area contributed by atoms with Crippen LogP contribution in [0.1, 0.15) is 54.1 Å². The van der Waals surface area contributed by atoms with Crippen LogP contribution in [0.5, 0.6) is 0 Å². The van der Waals surface area contributed by atoms with Gasteiger partial charge in [-0.25, -0.2) is 4.98 Å². The second kappa shape index (κ2) is 5.82. The molecule has 5 heteroatoms. The number of likely N-dealkylation sites (tertiary alicyclic amines) is 1. The zero-order valence-electron chi connectivity index (χ0n) is 12.2. The van der Waals surface area contributed by atoms with Crippen LogP contribution in [0.4, 0.5) is 0 Å². The Bertz CT molecular complexity index is 492. The van der Waals surface area contributed by atoms with E-state index in [9.17, 15) is 0 Å². The normalized spacial score (nSPS) is 23.9. The summed E-state index contributed by atoms with van der Waals surface area (Å²) in [6.07, 6.45) is 6.13. The molecule has 2 aliphatic rings. The number of thiazole rings is 1. The van der Waals surface area contributed by atoms with Crippen LogP contribution in [0.25, 0.3) is 0 Å². The maximum Gasteiger partial charge on any atom is 0.135 e. The summed E-state index contributed by atoms with van der Waals surface area (Å²) in [6, 6.07) is 0. The molecule has 20 heavy (non-hydrogen) atoms. The fourth-order valence-electron chi connectivity index (χ4n) is 3.05. The van der Waals surface area contributed by atoms with Crippen LogP contribution in [0, 0.1) is 11.3 Å². The van der Waals surface area contributed by atoms with Crippen LogP contribution >= 0.6 is 11.3 Å². The van der Waals surface area contributed by atoms with Gasteiger partial charge in [0.1, 0.15) is 5.84 Å². The first-order valence-corrected chi connectivity index (χ1v) is 8.51. The molecule has 0 radical (unpaired) electrons. The van der Waals surface area contributed by atoms with Crippen molar-refractivity contribution in [2.24, 2.45) is 11.7 Å². The van der Waals surface area contributed by atoms with Gasteiger partial charge in [-0.15, -0.1) is 11.3 Å². The number of amidine groups is 1. The van der Waals surface area contributed by atoms with Crippen molar-refractivity contribution >= 4 is 17.2 Å². The maximum absolute atomic E-state index is 7.70. The Hall–Kier alpha value is -0.940. The molecule has 1 atom stereocenters. The largest absolute Gasteiger partial charge is 0.383 e. The number of aromatic nitrogens is 1. The Kier molecular flexibility index (Phi) is 4.08. The molecule has 2 fully saturated rings. The summed E-state index contributed by atoms with van der Waals surface area (Å²) in [5.41, 5.74) is 6.80. The number of nitrogen functional groups attached to an aromatic ring is 1. The molecule has 1 saturated carbocycles. The summed E-state index contributed by atoms with van der Waals surface area (Å²) in [5, 5.41) is 8.87. The summed E-state index contributed by atoms with van der Waals surface area (Å²) >= 11 is 1.64. The van der Waals surface area contributed by atoms with Crippen molar-refractivity contribution in [3.05, 3.63) is 15.6 Å². The highest BCUT2D eigenvalue weighted by molar-refractivity contribution is 7.13. The third-order valence-corrected chi connectivity index (χ3v) is 5.45. The Balaban J connectivity index is 1.62. The Morgan fingerprint density at radius 2 is 2.25 bits per heavy atom. The summed E-state index contributed by atoms with van der Waals surface area (Å²) in [6.45, 7) is 5.89. The summed E-state index contributed by atoms with van der Waals surface area (Å²) in [4.78, 5) is 8.25. The van der Waals surface area contributed by atoms with Gasteiger partial charge in [0.2, 0.25) is 0 Å². The number of nitrogens with zero attached hydrogens (tertiary/aromatic N) is 2. The minimum absolute atomic E-state index is 0.197. The summed E-state index contributed by atoms with van der Waals surface area (Å²) < 4.78 is 0. The summed E-state index contributed by atoms with van der Waals surface area (Å²) in [5.74, 6) is 1.60. The highest BCUT2D eigenvalue weighted by atomic mass is 32.1. The lowest BCUT2D eigenvalue weighted by atomic mass is 10.0. The highest BCUT2D eigenvalue weighted by Gasteiger charge is 2.30. The molecule has 4 nitrogen and oxygen atoms in total. The molecule has 1 aromatic rings. The van der Waals surface area contributed by atoms with Crippen molar-refractivity contribution in [2.45, 2.75) is 44.9 Å². The van der Waals surface area contributed by atoms with Crippen LogP contribution < -0.4 is 5.73 Å². The molecular formula is C15H24N4S. The fraction of sp³-hybridized carbons (Fsp3) is 0.733. The second-order valence-electron chi connectivity index (χ2n) is 6.31. The van der Waals surface area contributed by atoms with Crippen LogP contribution in [0.15, 0.2) is 0 Å². The number of rotatable bonds is 5. The van der Waals surface area contributed by atoms with Gasteiger partial charge in [0.15, 0.2) is 0 Å². The average molecular weight is 292 g/mol. The van der Waals surface area contributed by atoms with Crippen LogP contribution in [0.3, 0.4) is 0 Å². The molecule has 1 aliphatic heterocycles. The first kappa shape index (κ1) is 14.0. The van der Waals surface area contributed by atoms with Crippen molar-refractivity contribution < 1.29 is 0 Å². The Morgan fingerprint density at radius 3 is 2.90 bits per heavy atom. The zero-order valence-corrected chi connectivity index (χ0v) is 13.0. The van der Waals surface area contributed by atoms with E-state index in [0.29, 0.717) is 5.92 Å². The number of nitrogens with two attached hydrogens (primary N) is 1. The SMILES string of the molecule is CC1CCCN(CCc2nc(C3CC3)c(C(=N)N)s2)C1. The maximum atomic E-state index is 7.70. The molecule has 0 amide bonds. The van der Waals surface area contributed by atoms with Crippen molar-refractivity contribution in [1.82, 2.24) is 9.88 Å². The van der Waals surface area contributed by atoms with Crippen molar-refractivity contribution in [3.8, 4) is 0 Å². The fourth-order valence-corrected chi connectivity index (χ4v) is 4.05. The van der Waals surface area contributed by atoms with Gasteiger partial charge in [0.05, 0.1) is 15.6 Å². The lowest BCUT2D eigenvalue weighted by Gasteiger charge is -2.30. The zero-order chi connectivity index (χ0) is 14.1. The van der Waals surface area contributed by atoms with E-state index < -0.39 is 0 Å². The third-order valence-electron chi connectivity index (χ3n) is 4.29. The molecule has 110 valence electrons. The smallest absolute Gasteiger partial charge is 0.135 e. The average Bonchev–Trinajstić information content (AvgIpc) is 3.16. The van der Waals surface area contributed by atoms with Gasteiger partial charge in [0.25, 0.3) is 0 Å². The first-order chi connectivity index (χ1) is 9.63. The van der Waals surface area contributed by atoms with E-state index >= 15 is 0 Å². The second-order valence-corrected chi connectivity index (χ2v) is 7.39. The predicted molar refractivity (Wildman–Crippen MR) is 83.6 cm³/mol. The summed E-state index contributed by atoms with van der Waals surface area (Å²) in [7, 11) is 0. The minimum Gasteiger partial charge on any atom is -0.383 e. The van der Waals surface area contributed by atoms with E-state index in [-0.39, 0.29) is 5.84 Å². The molecule has 1 saturated heterocycles. The molecule has 1 aliphatic carbocycles. The van der Waals surface area contributed by atoms with E-state index in [0.717, 1.165) is 34.5 Å². The number of hydrogen-bond donors (Lipinski definition) is 2. The minimum atomic E-state index is 0.197. The van der Waals surface area contributed by atoms with E-state index in [1.807, 2.05) is 0 Å². The van der Waals surface area contributed by atoms with E-state index in [4.69, 9.17) is 16.1 Å².